The second-order valence-electron chi connectivity index (χ2n) is 7.18. The smallest absolute Gasteiger partial charge is 0.340 e. The van der Waals surface area contributed by atoms with Gasteiger partial charge in [0.1, 0.15) is 18.3 Å². The molecular weight excluding hydrogens is 376 g/mol. The van der Waals surface area contributed by atoms with E-state index in [2.05, 4.69) is 0 Å². The summed E-state index contributed by atoms with van der Waals surface area (Å²) in [6, 6.07) is 0. The van der Waals surface area contributed by atoms with E-state index in [1.54, 1.807) is 19.1 Å². The first-order valence-electron chi connectivity index (χ1n) is 8.75. The second kappa shape index (κ2) is 8.44. The molecule has 1 aliphatic carbocycles. The Labute approximate surface area is 163 Å². The Morgan fingerprint density at radius 1 is 1.19 bits per heavy atom. The van der Waals surface area contributed by atoms with Crippen molar-refractivity contribution in [1.29, 1.82) is 0 Å². The molecule has 5 atom stereocenters. The number of aliphatic hydroxyl groups is 1. The summed E-state index contributed by atoms with van der Waals surface area (Å²) >= 11 is 5.90. The Morgan fingerprint density at radius 2 is 1.78 bits per heavy atom. The van der Waals surface area contributed by atoms with E-state index in [-0.39, 0.29) is 12.3 Å². The fourth-order valence-electron chi connectivity index (χ4n) is 3.68. The third-order valence-corrected chi connectivity index (χ3v) is 5.11. The van der Waals surface area contributed by atoms with Gasteiger partial charge in [-0.05, 0) is 26.0 Å². The molecule has 1 aliphatic heterocycles. The van der Waals surface area contributed by atoms with Crippen LogP contribution in [0.5, 0.6) is 0 Å². The lowest BCUT2D eigenvalue weighted by molar-refractivity contribution is -0.159. The number of esters is 3. The lowest BCUT2D eigenvalue weighted by Crippen LogP contribution is -2.50. The van der Waals surface area contributed by atoms with Crippen LogP contribution in [0, 0.1) is 5.92 Å². The molecule has 0 unspecified atom stereocenters. The van der Waals surface area contributed by atoms with Crippen LogP contribution in [0.2, 0.25) is 0 Å². The van der Waals surface area contributed by atoms with E-state index in [1.807, 2.05) is 6.92 Å². The maximum atomic E-state index is 12.3. The molecule has 0 spiro atoms. The minimum atomic E-state index is -1.96. The van der Waals surface area contributed by atoms with Gasteiger partial charge in [-0.2, -0.15) is 0 Å². The molecule has 1 N–H and O–H groups in total. The summed E-state index contributed by atoms with van der Waals surface area (Å²) in [4.78, 5) is 35.3. The number of carbonyl (C=O) groups excluding carboxylic acids is 3. The maximum Gasteiger partial charge on any atom is 0.340 e. The first kappa shape index (κ1) is 21.4. The van der Waals surface area contributed by atoms with Gasteiger partial charge in [0.15, 0.2) is 5.60 Å². The molecule has 8 heteroatoms. The van der Waals surface area contributed by atoms with Gasteiger partial charge in [0, 0.05) is 26.7 Å². The molecule has 1 saturated heterocycles. The molecule has 0 amide bonds. The predicted molar refractivity (Wildman–Crippen MR) is 96.9 cm³/mol. The molecular formula is C19H25ClO7. The van der Waals surface area contributed by atoms with Crippen molar-refractivity contribution in [2.75, 3.05) is 5.88 Å². The van der Waals surface area contributed by atoms with Crippen molar-refractivity contribution in [2.24, 2.45) is 5.92 Å². The highest BCUT2D eigenvalue weighted by Crippen LogP contribution is 2.40. The highest BCUT2D eigenvalue weighted by atomic mass is 35.5. The number of hydrogen-bond acceptors (Lipinski definition) is 7. The van der Waals surface area contributed by atoms with E-state index in [9.17, 15) is 19.5 Å². The van der Waals surface area contributed by atoms with E-state index in [0.717, 1.165) is 11.1 Å². The van der Waals surface area contributed by atoms with Gasteiger partial charge in [0.05, 0.1) is 11.8 Å². The minimum Gasteiger partial charge on any atom is -0.462 e. The molecule has 2 aliphatic rings. The summed E-state index contributed by atoms with van der Waals surface area (Å²) in [6.07, 6.45) is 1.99. The molecule has 2 rings (SSSR count). The second-order valence-corrected chi connectivity index (χ2v) is 7.45. The van der Waals surface area contributed by atoms with Crippen LogP contribution < -0.4 is 0 Å². The largest absolute Gasteiger partial charge is 0.462 e. The number of ether oxygens (including phenoxy) is 3. The van der Waals surface area contributed by atoms with Crippen molar-refractivity contribution in [1.82, 2.24) is 0 Å². The van der Waals surface area contributed by atoms with Crippen molar-refractivity contribution >= 4 is 29.5 Å². The lowest BCUT2D eigenvalue weighted by Gasteiger charge is -2.33. The molecule has 0 radical (unpaired) electrons. The number of rotatable bonds is 3. The van der Waals surface area contributed by atoms with Gasteiger partial charge < -0.3 is 19.3 Å². The highest BCUT2D eigenvalue weighted by molar-refractivity contribution is 6.20. The Hall–Kier alpha value is -1.86. The van der Waals surface area contributed by atoms with Crippen LogP contribution >= 0.6 is 11.6 Å². The SMILES string of the molecule is CC(=O)O[C@@H]1/C=C(/C)C[C@@H](OC(C)=O)[C@@H]2[C@@H](/C=C(\C)C1)OC(=O)[C@]2(O)CCl. The number of carbonyl (C=O) groups is 3. The van der Waals surface area contributed by atoms with Crippen molar-refractivity contribution < 1.29 is 33.7 Å². The Kier molecular flexibility index (Phi) is 6.70. The van der Waals surface area contributed by atoms with Gasteiger partial charge in [-0.3, -0.25) is 9.59 Å². The van der Waals surface area contributed by atoms with Gasteiger partial charge in [0.25, 0.3) is 0 Å². The third kappa shape index (κ3) is 4.90. The molecule has 7 nitrogen and oxygen atoms in total. The van der Waals surface area contributed by atoms with Crippen LogP contribution in [0.1, 0.15) is 40.5 Å². The summed E-state index contributed by atoms with van der Waals surface area (Å²) in [5.74, 6) is -3.03. The average Bonchev–Trinajstić information content (AvgIpc) is 2.75. The van der Waals surface area contributed by atoms with Crippen molar-refractivity contribution in [2.45, 2.75) is 64.4 Å². The zero-order valence-electron chi connectivity index (χ0n) is 15.9. The summed E-state index contributed by atoms with van der Waals surface area (Å²) in [6.45, 7) is 6.20. The van der Waals surface area contributed by atoms with Gasteiger partial charge >= 0.3 is 17.9 Å². The van der Waals surface area contributed by atoms with Crippen LogP contribution in [-0.2, 0) is 28.6 Å². The zero-order valence-corrected chi connectivity index (χ0v) is 16.6. The zero-order chi connectivity index (χ0) is 20.4. The molecule has 1 fully saturated rings. The molecule has 27 heavy (non-hydrogen) atoms. The standard InChI is InChI=1S/C19H25ClO7/c1-10-5-14(25-12(3)21)6-11(2)8-16-17(15(7-10)26-13(4)22)19(24,9-20)18(23)27-16/h5,8,14-17,24H,6-7,9H2,1-4H3/b10-5-,11-8+/t14-,15-,16-,17-,19+/m1/s1. The molecule has 0 aromatic rings. The summed E-state index contributed by atoms with van der Waals surface area (Å²) in [5, 5.41) is 10.9. The van der Waals surface area contributed by atoms with Gasteiger partial charge in [-0.25, -0.2) is 4.79 Å². The van der Waals surface area contributed by atoms with Crippen LogP contribution in [0.4, 0.5) is 0 Å². The fourth-order valence-corrected chi connectivity index (χ4v) is 3.97. The summed E-state index contributed by atoms with van der Waals surface area (Å²) in [7, 11) is 0. The van der Waals surface area contributed by atoms with E-state index >= 15 is 0 Å². The van der Waals surface area contributed by atoms with E-state index < -0.39 is 47.7 Å². The number of hydrogen-bond donors (Lipinski definition) is 1. The molecule has 0 aromatic heterocycles. The quantitative estimate of drug-likeness (QED) is 0.335. The van der Waals surface area contributed by atoms with Crippen molar-refractivity contribution in [3.8, 4) is 0 Å². The summed E-state index contributed by atoms with van der Waals surface area (Å²) in [5.41, 5.74) is -0.370. The Morgan fingerprint density at radius 3 is 2.33 bits per heavy atom. The normalized spacial score (nSPS) is 37.8. The van der Waals surface area contributed by atoms with Crippen LogP contribution in [0.15, 0.2) is 23.3 Å². The lowest BCUT2D eigenvalue weighted by atomic mass is 9.79. The van der Waals surface area contributed by atoms with Crippen LogP contribution in [-0.4, -0.2) is 52.8 Å². The molecule has 0 bridgehead atoms. The minimum absolute atomic E-state index is 0.237. The molecule has 1 heterocycles. The van der Waals surface area contributed by atoms with Crippen LogP contribution in [0.25, 0.3) is 0 Å². The maximum absolute atomic E-state index is 12.3. The first-order valence-corrected chi connectivity index (χ1v) is 9.28. The average molecular weight is 401 g/mol. The fraction of sp³-hybridized carbons (Fsp3) is 0.632. The van der Waals surface area contributed by atoms with Crippen molar-refractivity contribution in [3.63, 3.8) is 0 Å². The topological polar surface area (TPSA) is 99.1 Å². The monoisotopic (exact) mass is 400 g/mol. The predicted octanol–water partition coefficient (Wildman–Crippen LogP) is 2.05. The van der Waals surface area contributed by atoms with E-state index in [0.29, 0.717) is 6.42 Å². The Balaban J connectivity index is 2.50. The number of alkyl halides is 1. The number of halogens is 1. The van der Waals surface area contributed by atoms with E-state index in [1.165, 1.54) is 13.8 Å². The number of fused-ring (bicyclic) bond motifs is 1. The van der Waals surface area contributed by atoms with Gasteiger partial charge in [-0.1, -0.05) is 11.1 Å². The molecule has 150 valence electrons. The first-order chi connectivity index (χ1) is 12.6. The summed E-state index contributed by atoms with van der Waals surface area (Å²) < 4.78 is 16.1. The van der Waals surface area contributed by atoms with Gasteiger partial charge in [-0.15, -0.1) is 11.6 Å². The van der Waals surface area contributed by atoms with Gasteiger partial charge in [0.2, 0.25) is 0 Å². The van der Waals surface area contributed by atoms with E-state index in [4.69, 9.17) is 25.8 Å². The highest BCUT2D eigenvalue weighted by Gasteiger charge is 2.59. The Bertz CT molecular complexity index is 684. The van der Waals surface area contributed by atoms with Crippen molar-refractivity contribution in [3.05, 3.63) is 23.3 Å². The molecule has 0 saturated carbocycles. The molecule has 0 aromatic carbocycles. The third-order valence-electron chi connectivity index (χ3n) is 4.71. The van der Waals surface area contributed by atoms with Crippen LogP contribution in [0.3, 0.4) is 0 Å².